The molecule has 1 aromatic heterocycles. The van der Waals surface area contributed by atoms with Crippen LogP contribution in [0.1, 0.15) is 23.1 Å². The quantitative estimate of drug-likeness (QED) is 0.0496. The van der Waals surface area contributed by atoms with Gasteiger partial charge in [-0.3, -0.25) is 14.4 Å². The number of carbonyl (C=O) groups excluding carboxylic acids is 1. The van der Waals surface area contributed by atoms with Gasteiger partial charge in [-0.2, -0.15) is 9.90 Å². The number of rotatable bonds is 14. The Morgan fingerprint density at radius 2 is 1.75 bits per heavy atom. The number of nitrogens with zero attached hydrogens (tertiary/aromatic N) is 1. The van der Waals surface area contributed by atoms with Crippen LogP contribution in [0.4, 0.5) is 0 Å². The van der Waals surface area contributed by atoms with Gasteiger partial charge in [0.25, 0.3) is 0 Å². The van der Waals surface area contributed by atoms with E-state index in [1.165, 1.54) is 43.6 Å². The number of phenolic OH excluding ortho intramolecular Hbond substituents is 1. The molecule has 0 radical (unpaired) electrons. The number of fused-ring (bicyclic) bond motifs is 2. The molecular formula is C42H44N3O14+. The van der Waals surface area contributed by atoms with Crippen LogP contribution < -0.4 is 20.5 Å². The lowest BCUT2D eigenvalue weighted by atomic mass is 9.96. The van der Waals surface area contributed by atoms with Crippen LogP contribution in [0.25, 0.3) is 27.8 Å². The fraction of sp³-hybridized carbons (Fsp3) is 0.333. The van der Waals surface area contributed by atoms with Crippen LogP contribution in [0.15, 0.2) is 98.5 Å². The van der Waals surface area contributed by atoms with Crippen LogP contribution in [0.5, 0.6) is 11.5 Å². The molecule has 1 fully saturated rings. The van der Waals surface area contributed by atoms with Crippen molar-refractivity contribution < 1.29 is 68.8 Å². The van der Waals surface area contributed by atoms with Crippen molar-refractivity contribution in [3.8, 4) is 22.6 Å². The normalized spacial score (nSPS) is 24.1. The number of quaternary nitrogens is 1. The zero-order chi connectivity index (χ0) is 42.1. The number of hydroxylamine groups is 2. The highest BCUT2D eigenvalue weighted by Gasteiger charge is 2.54. The van der Waals surface area contributed by atoms with Crippen LogP contribution in [0.2, 0.25) is 0 Å². The van der Waals surface area contributed by atoms with Gasteiger partial charge in [-0.05, 0) is 75.4 Å². The van der Waals surface area contributed by atoms with Crippen molar-refractivity contribution >= 4 is 34.8 Å². The lowest BCUT2D eigenvalue weighted by Crippen LogP contribution is -3.08. The van der Waals surface area contributed by atoms with E-state index in [0.717, 1.165) is 22.3 Å². The summed E-state index contributed by atoms with van der Waals surface area (Å²) in [5.74, 6) is -4.79. The van der Waals surface area contributed by atoms with Crippen molar-refractivity contribution in [1.82, 2.24) is 5.32 Å². The summed E-state index contributed by atoms with van der Waals surface area (Å²) in [6.45, 7) is 3.71. The SMILES string of the molecule is CNC(CCO)C(C(=O)O)C(=O)OC(O)C1OC(Oc2ccc3c(=O)c(-c4ccc(O)cc4)coc3c2)C(O[NH+]2CC3=CC=NC3=C2c2cc(C)cc(C)c2)C(O)C1O. The van der Waals surface area contributed by atoms with E-state index in [4.69, 9.17) is 23.5 Å². The van der Waals surface area contributed by atoms with Crippen molar-refractivity contribution in [1.29, 1.82) is 0 Å². The minimum Gasteiger partial charge on any atom is -0.508 e. The van der Waals surface area contributed by atoms with Crippen LogP contribution in [-0.2, 0) is 23.9 Å². The van der Waals surface area contributed by atoms with Crippen LogP contribution in [0, 0.1) is 19.8 Å². The van der Waals surface area contributed by atoms with E-state index >= 15 is 0 Å². The molecule has 7 rings (SSSR count). The Hall–Kier alpha value is -5.76. The smallest absolute Gasteiger partial charge is 0.324 e. The van der Waals surface area contributed by atoms with Gasteiger partial charge in [0.05, 0.1) is 10.9 Å². The number of carboxylic acid groups (broad SMARTS) is 1. The summed E-state index contributed by atoms with van der Waals surface area (Å²) in [7, 11) is 1.39. The molecule has 17 heteroatoms. The summed E-state index contributed by atoms with van der Waals surface area (Å²) < 4.78 is 23.2. The molecule has 1 saturated heterocycles. The second kappa shape index (κ2) is 17.2. The van der Waals surface area contributed by atoms with E-state index in [9.17, 15) is 45.0 Å². The summed E-state index contributed by atoms with van der Waals surface area (Å²) in [4.78, 5) is 49.8. The Kier molecular flexibility index (Phi) is 12.1. The molecule has 4 aromatic rings. The number of benzene rings is 3. The fourth-order valence-electron chi connectivity index (χ4n) is 7.59. The number of carboxylic acids is 1. The molecule has 8 N–H and O–H groups in total. The molecule has 4 heterocycles. The van der Waals surface area contributed by atoms with Gasteiger partial charge in [-0.15, -0.1) is 0 Å². The number of ether oxygens (including phenoxy) is 3. The highest BCUT2D eigenvalue weighted by molar-refractivity contribution is 5.95. The Bertz CT molecular complexity index is 2370. The number of aryl methyl sites for hydroxylation is 2. The summed E-state index contributed by atoms with van der Waals surface area (Å²) in [5, 5.41) is 66.5. The van der Waals surface area contributed by atoms with Gasteiger partial charge in [0, 0.05) is 36.1 Å². The number of aliphatic carboxylic acids is 1. The highest BCUT2D eigenvalue weighted by Crippen LogP contribution is 2.33. The summed E-state index contributed by atoms with van der Waals surface area (Å²) in [6, 6.07) is 15.2. The Balaban J connectivity index is 1.21. The van der Waals surface area contributed by atoms with Crippen molar-refractivity contribution in [3.63, 3.8) is 0 Å². The predicted molar refractivity (Wildman–Crippen MR) is 209 cm³/mol. The first-order valence-corrected chi connectivity index (χ1v) is 18.8. The van der Waals surface area contributed by atoms with E-state index in [1.807, 2.05) is 38.1 Å². The number of aliphatic hydroxyl groups excluding tert-OH is 4. The van der Waals surface area contributed by atoms with E-state index in [0.29, 0.717) is 22.0 Å². The number of aliphatic hydroxyl groups is 4. The molecular weight excluding hydrogens is 770 g/mol. The first-order chi connectivity index (χ1) is 28.3. The molecule has 0 saturated carbocycles. The average Bonchev–Trinajstić information content (AvgIpc) is 3.78. The van der Waals surface area contributed by atoms with Crippen molar-refractivity contribution in [2.45, 2.75) is 63.3 Å². The zero-order valence-electron chi connectivity index (χ0n) is 32.1. The van der Waals surface area contributed by atoms with Gasteiger partial charge in [0.15, 0.2) is 23.1 Å². The minimum absolute atomic E-state index is 0.0290. The monoisotopic (exact) mass is 814 g/mol. The molecule has 9 unspecified atom stereocenters. The maximum absolute atomic E-state index is 13.5. The van der Waals surface area contributed by atoms with Gasteiger partial charge in [-0.25, -0.2) is 4.99 Å². The number of aliphatic imine (C=N–C) groups is 1. The van der Waals surface area contributed by atoms with E-state index in [-0.39, 0.29) is 46.4 Å². The molecule has 3 aliphatic heterocycles. The van der Waals surface area contributed by atoms with E-state index < -0.39 is 67.5 Å². The number of allylic oxidation sites excluding steroid dienone is 1. The summed E-state index contributed by atoms with van der Waals surface area (Å²) in [6.07, 6.45) is -6.60. The number of carbonyl (C=O) groups is 2. The van der Waals surface area contributed by atoms with Gasteiger partial charge in [0.2, 0.25) is 18.7 Å². The molecule has 0 amide bonds. The average molecular weight is 815 g/mol. The lowest BCUT2D eigenvalue weighted by molar-refractivity contribution is -1.04. The third-order valence-electron chi connectivity index (χ3n) is 10.4. The van der Waals surface area contributed by atoms with Crippen molar-refractivity contribution in [2.75, 3.05) is 20.2 Å². The number of aromatic hydroxyl groups is 1. The number of phenols is 1. The van der Waals surface area contributed by atoms with Crippen LogP contribution >= 0.6 is 0 Å². The largest absolute Gasteiger partial charge is 0.508 e. The predicted octanol–water partition coefficient (Wildman–Crippen LogP) is 0.719. The van der Waals surface area contributed by atoms with Gasteiger partial charge in [-0.1, -0.05) is 29.3 Å². The van der Waals surface area contributed by atoms with Crippen LogP contribution in [-0.4, -0.2) is 112 Å². The number of esters is 1. The zero-order valence-corrected chi connectivity index (χ0v) is 32.1. The molecule has 59 heavy (non-hydrogen) atoms. The van der Waals surface area contributed by atoms with E-state index in [1.54, 1.807) is 18.3 Å². The molecule has 17 nitrogen and oxygen atoms in total. The lowest BCUT2D eigenvalue weighted by Gasteiger charge is -2.42. The number of nitrogens with one attached hydrogen (secondary N) is 2. The van der Waals surface area contributed by atoms with Gasteiger partial charge >= 0.3 is 11.9 Å². The summed E-state index contributed by atoms with van der Waals surface area (Å²) >= 11 is 0. The Labute approximate surface area is 336 Å². The molecule has 3 aliphatic rings. The van der Waals surface area contributed by atoms with Crippen molar-refractivity contribution in [2.24, 2.45) is 10.9 Å². The molecule has 3 aromatic carbocycles. The van der Waals surface area contributed by atoms with Gasteiger partial charge in [0.1, 0.15) is 47.8 Å². The number of hydrogen-bond acceptors (Lipinski definition) is 15. The third kappa shape index (κ3) is 8.41. The first kappa shape index (κ1) is 41.4. The molecule has 0 aliphatic carbocycles. The molecule has 310 valence electrons. The maximum Gasteiger partial charge on any atom is 0.324 e. The highest BCUT2D eigenvalue weighted by atomic mass is 16.8. The second-order valence-electron chi connectivity index (χ2n) is 14.6. The number of hydrogen-bond donors (Lipinski definition) is 8. The van der Waals surface area contributed by atoms with E-state index in [2.05, 4.69) is 10.3 Å². The van der Waals surface area contributed by atoms with Crippen LogP contribution in [0.3, 0.4) is 0 Å². The maximum atomic E-state index is 13.5. The first-order valence-electron chi connectivity index (χ1n) is 18.8. The molecule has 0 spiro atoms. The minimum atomic E-state index is -2.33. The van der Waals surface area contributed by atoms with Crippen molar-refractivity contribution in [3.05, 3.63) is 111 Å². The fourth-order valence-corrected chi connectivity index (χ4v) is 7.59. The second-order valence-corrected chi connectivity index (χ2v) is 14.6. The Morgan fingerprint density at radius 3 is 2.42 bits per heavy atom. The summed E-state index contributed by atoms with van der Waals surface area (Å²) in [5.41, 5.74) is 5.43. The molecule has 0 bridgehead atoms. The standard InChI is InChI=1S/C42H43N3O14/c1-20-14-21(2)16-24(15-20)33-32-23(10-12-44-32)18-45(33)59-38-36(50)35(49)37(41(54)58-40(53)31(39(51)52)29(43-3)11-13-46)57-42(38)56-26-8-9-27-30(17-26)55-19-28(34(27)48)22-4-6-25(47)7-5-22/h4-10,12,14-17,19,29,31,35-38,41-43,46-47,49-50,54H,11,13,18H2,1-3H3,(H,51,52)/p+1. The topological polar surface area (TPSA) is 251 Å². The van der Waals surface area contributed by atoms with Gasteiger partial charge < -0.3 is 54.6 Å². The molecule has 9 atom stereocenters. The third-order valence-corrected chi connectivity index (χ3v) is 10.4. The Morgan fingerprint density at radius 1 is 1.02 bits per heavy atom.